The summed E-state index contributed by atoms with van der Waals surface area (Å²) in [6.45, 7) is 1.14. The molecule has 1 N–H and O–H groups in total. The van der Waals surface area contributed by atoms with E-state index in [9.17, 15) is 17.9 Å². The highest BCUT2D eigenvalue weighted by Crippen LogP contribution is 2.36. The standard InChI is InChI=1S/C10H12ClFO3S/c1-10(11,16(2,14)15)9(13)7-5-3-4-6-8(7)12/h3-6,9,13H,1-2H3/t9-,10+/m0/s1. The van der Waals surface area contributed by atoms with Crippen LogP contribution in [0.15, 0.2) is 24.3 Å². The van der Waals surface area contributed by atoms with E-state index in [1.165, 1.54) is 18.2 Å². The van der Waals surface area contributed by atoms with Crippen molar-refractivity contribution in [2.75, 3.05) is 6.26 Å². The van der Waals surface area contributed by atoms with Crippen molar-refractivity contribution in [1.82, 2.24) is 0 Å². The second-order valence-electron chi connectivity index (χ2n) is 3.68. The number of alkyl halides is 1. The van der Waals surface area contributed by atoms with E-state index in [0.29, 0.717) is 0 Å². The Labute approximate surface area is 98.8 Å². The minimum atomic E-state index is -3.72. The van der Waals surface area contributed by atoms with Crippen LogP contribution in [-0.2, 0) is 9.84 Å². The Kier molecular flexibility index (Phi) is 3.62. The Morgan fingerprint density at radius 2 is 1.94 bits per heavy atom. The number of halogens is 2. The third-order valence-electron chi connectivity index (χ3n) is 2.41. The Hall–Kier alpha value is -0.650. The number of aliphatic hydroxyl groups excluding tert-OH is 1. The number of hydrogen-bond donors (Lipinski definition) is 1. The van der Waals surface area contributed by atoms with Gasteiger partial charge in [0.1, 0.15) is 11.9 Å². The van der Waals surface area contributed by atoms with Crippen molar-refractivity contribution in [3.05, 3.63) is 35.6 Å². The summed E-state index contributed by atoms with van der Waals surface area (Å²) in [5.74, 6) is -0.689. The summed E-state index contributed by atoms with van der Waals surface area (Å²) in [7, 11) is -3.72. The lowest BCUT2D eigenvalue weighted by Gasteiger charge is -2.26. The van der Waals surface area contributed by atoms with Gasteiger partial charge in [0, 0.05) is 11.8 Å². The van der Waals surface area contributed by atoms with Crippen molar-refractivity contribution in [2.45, 2.75) is 17.2 Å². The number of sulfone groups is 1. The molecule has 0 aromatic heterocycles. The largest absolute Gasteiger partial charge is 0.385 e. The normalized spacial score (nSPS) is 17.8. The minimum absolute atomic E-state index is 0.134. The predicted molar refractivity (Wildman–Crippen MR) is 60.5 cm³/mol. The van der Waals surface area contributed by atoms with Crippen LogP contribution in [0.2, 0.25) is 0 Å². The zero-order valence-electron chi connectivity index (χ0n) is 8.81. The fourth-order valence-electron chi connectivity index (χ4n) is 1.18. The molecule has 0 spiro atoms. The summed E-state index contributed by atoms with van der Waals surface area (Å²) in [5.41, 5.74) is -0.134. The summed E-state index contributed by atoms with van der Waals surface area (Å²) in [4.78, 5) is 0. The molecule has 90 valence electrons. The van der Waals surface area contributed by atoms with Gasteiger partial charge in [0.05, 0.1) is 0 Å². The molecule has 0 amide bonds. The minimum Gasteiger partial charge on any atom is -0.385 e. The number of benzene rings is 1. The van der Waals surface area contributed by atoms with Crippen LogP contribution in [0.5, 0.6) is 0 Å². The first-order valence-electron chi connectivity index (χ1n) is 4.49. The molecule has 0 bridgehead atoms. The van der Waals surface area contributed by atoms with E-state index in [0.717, 1.165) is 19.2 Å². The lowest BCUT2D eigenvalue weighted by molar-refractivity contribution is 0.158. The quantitative estimate of drug-likeness (QED) is 0.850. The molecule has 0 aliphatic carbocycles. The van der Waals surface area contributed by atoms with E-state index in [2.05, 4.69) is 0 Å². The van der Waals surface area contributed by atoms with Crippen molar-refractivity contribution in [3.8, 4) is 0 Å². The summed E-state index contributed by atoms with van der Waals surface area (Å²) in [6, 6.07) is 5.37. The Bertz CT molecular complexity index is 485. The highest BCUT2D eigenvalue weighted by atomic mass is 35.5. The molecule has 0 saturated heterocycles. The maximum Gasteiger partial charge on any atom is 0.172 e. The summed E-state index contributed by atoms with van der Waals surface area (Å²) in [6.07, 6.45) is -0.727. The third-order valence-corrected chi connectivity index (χ3v) is 5.13. The molecule has 0 unspecified atom stereocenters. The van der Waals surface area contributed by atoms with Crippen LogP contribution in [0.1, 0.15) is 18.6 Å². The highest BCUT2D eigenvalue weighted by molar-refractivity contribution is 7.93. The van der Waals surface area contributed by atoms with Crippen molar-refractivity contribution in [1.29, 1.82) is 0 Å². The molecule has 1 aromatic rings. The molecular weight excluding hydrogens is 255 g/mol. The van der Waals surface area contributed by atoms with E-state index in [1.54, 1.807) is 0 Å². The van der Waals surface area contributed by atoms with Gasteiger partial charge in [-0.15, -0.1) is 0 Å². The van der Waals surface area contributed by atoms with Gasteiger partial charge < -0.3 is 5.11 Å². The Morgan fingerprint density at radius 3 is 2.38 bits per heavy atom. The zero-order chi connectivity index (χ0) is 12.6. The van der Waals surface area contributed by atoms with E-state index >= 15 is 0 Å². The van der Waals surface area contributed by atoms with Crippen LogP contribution in [0.4, 0.5) is 4.39 Å². The number of aliphatic hydroxyl groups is 1. The predicted octanol–water partition coefficient (Wildman–Crippen LogP) is 1.86. The maximum absolute atomic E-state index is 13.3. The molecule has 0 aliphatic heterocycles. The fourth-order valence-corrected chi connectivity index (χ4v) is 1.83. The van der Waals surface area contributed by atoms with Gasteiger partial charge in [0.2, 0.25) is 0 Å². The SMILES string of the molecule is C[C@](Cl)([C@@H](O)c1ccccc1F)S(C)(=O)=O. The Morgan fingerprint density at radius 1 is 1.44 bits per heavy atom. The molecule has 0 fully saturated rings. The van der Waals surface area contributed by atoms with E-state index < -0.39 is 26.0 Å². The van der Waals surface area contributed by atoms with Crippen LogP contribution in [0.25, 0.3) is 0 Å². The summed E-state index contributed by atoms with van der Waals surface area (Å²) < 4.78 is 34.1. The molecule has 1 rings (SSSR count). The summed E-state index contributed by atoms with van der Waals surface area (Å²) >= 11 is 5.76. The highest BCUT2D eigenvalue weighted by Gasteiger charge is 2.42. The van der Waals surface area contributed by atoms with Crippen LogP contribution < -0.4 is 0 Å². The molecule has 2 atom stereocenters. The van der Waals surface area contributed by atoms with Crippen LogP contribution in [-0.4, -0.2) is 24.0 Å². The van der Waals surface area contributed by atoms with Gasteiger partial charge in [-0.1, -0.05) is 29.8 Å². The van der Waals surface area contributed by atoms with Crippen molar-refractivity contribution < 1.29 is 17.9 Å². The summed E-state index contributed by atoms with van der Waals surface area (Å²) in [5, 5.41) is 9.81. The topological polar surface area (TPSA) is 54.4 Å². The second kappa shape index (κ2) is 4.31. The fraction of sp³-hybridized carbons (Fsp3) is 0.400. The monoisotopic (exact) mass is 266 g/mol. The molecule has 3 nitrogen and oxygen atoms in total. The Balaban J connectivity index is 3.23. The molecule has 0 aliphatic rings. The first-order chi connectivity index (χ1) is 7.18. The molecule has 6 heteroatoms. The van der Waals surface area contributed by atoms with E-state index in [4.69, 9.17) is 11.6 Å². The lowest BCUT2D eigenvalue weighted by Crippen LogP contribution is -2.35. The molecular formula is C10H12ClFO3S. The van der Waals surface area contributed by atoms with Crippen molar-refractivity contribution >= 4 is 21.4 Å². The second-order valence-corrected chi connectivity index (χ2v) is 7.08. The molecule has 16 heavy (non-hydrogen) atoms. The van der Waals surface area contributed by atoms with Gasteiger partial charge in [-0.05, 0) is 13.0 Å². The maximum atomic E-state index is 13.3. The average Bonchev–Trinajstić information content (AvgIpc) is 2.15. The van der Waals surface area contributed by atoms with Gasteiger partial charge in [-0.25, -0.2) is 12.8 Å². The molecule has 0 heterocycles. The van der Waals surface area contributed by atoms with Crippen molar-refractivity contribution in [3.63, 3.8) is 0 Å². The van der Waals surface area contributed by atoms with Gasteiger partial charge in [-0.3, -0.25) is 0 Å². The molecule has 1 aromatic carbocycles. The van der Waals surface area contributed by atoms with Gasteiger partial charge in [-0.2, -0.15) is 0 Å². The first kappa shape index (κ1) is 13.4. The van der Waals surface area contributed by atoms with Crippen LogP contribution in [0, 0.1) is 5.82 Å². The van der Waals surface area contributed by atoms with Gasteiger partial charge in [0.15, 0.2) is 14.0 Å². The number of rotatable bonds is 3. The molecule has 0 radical (unpaired) electrons. The lowest BCUT2D eigenvalue weighted by atomic mass is 10.1. The van der Waals surface area contributed by atoms with Gasteiger partial charge in [0.25, 0.3) is 0 Å². The number of hydrogen-bond acceptors (Lipinski definition) is 3. The zero-order valence-corrected chi connectivity index (χ0v) is 10.4. The first-order valence-corrected chi connectivity index (χ1v) is 6.76. The third kappa shape index (κ3) is 2.36. The van der Waals surface area contributed by atoms with E-state index in [1.807, 2.05) is 0 Å². The van der Waals surface area contributed by atoms with E-state index in [-0.39, 0.29) is 5.56 Å². The molecule has 0 saturated carbocycles. The van der Waals surface area contributed by atoms with Crippen LogP contribution in [0.3, 0.4) is 0 Å². The van der Waals surface area contributed by atoms with Crippen molar-refractivity contribution in [2.24, 2.45) is 0 Å². The average molecular weight is 267 g/mol. The smallest absolute Gasteiger partial charge is 0.172 e. The van der Waals surface area contributed by atoms with Crippen LogP contribution >= 0.6 is 11.6 Å². The van der Waals surface area contributed by atoms with Gasteiger partial charge >= 0.3 is 0 Å².